The fraction of sp³-hybridized carbons (Fsp3) is 0.105. The Balaban J connectivity index is 1.63. The standard InChI is InChI=1S/C19H15ClN4O3S2/c1-11-6-7-17(21-10-11)24-29(25,26)16-9-15(28-12(16)2)19-22-18(23-27-19)13-4-3-5-14(20)8-13/h3-10H,1-2H3,(H,21,24). The predicted molar refractivity (Wildman–Crippen MR) is 113 cm³/mol. The molecule has 3 aromatic heterocycles. The number of thiophene rings is 1. The van der Waals surface area contributed by atoms with E-state index >= 15 is 0 Å². The molecule has 0 unspecified atom stereocenters. The SMILES string of the molecule is Cc1ccc(NS(=O)(=O)c2cc(-c3nc(-c4cccc(Cl)c4)no3)sc2C)nc1. The van der Waals surface area contributed by atoms with E-state index in [1.54, 1.807) is 43.5 Å². The predicted octanol–water partition coefficient (Wildman–Crippen LogP) is 4.93. The molecule has 0 saturated heterocycles. The molecule has 0 amide bonds. The first kappa shape index (κ1) is 19.6. The summed E-state index contributed by atoms with van der Waals surface area (Å²) < 4.78 is 33.4. The Morgan fingerprint density at radius 3 is 2.69 bits per heavy atom. The van der Waals surface area contributed by atoms with E-state index in [4.69, 9.17) is 16.1 Å². The minimum absolute atomic E-state index is 0.141. The topological polar surface area (TPSA) is 98.0 Å². The van der Waals surface area contributed by atoms with Gasteiger partial charge in [-0.2, -0.15) is 4.98 Å². The van der Waals surface area contributed by atoms with Crippen molar-refractivity contribution in [3.8, 4) is 22.2 Å². The summed E-state index contributed by atoms with van der Waals surface area (Å²) in [6.45, 7) is 3.60. The van der Waals surface area contributed by atoms with Crippen molar-refractivity contribution in [2.75, 3.05) is 4.72 Å². The number of aryl methyl sites for hydroxylation is 2. The summed E-state index contributed by atoms with van der Waals surface area (Å²) in [5, 5.41) is 4.53. The summed E-state index contributed by atoms with van der Waals surface area (Å²) in [6.07, 6.45) is 1.60. The normalized spacial score (nSPS) is 11.6. The third-order valence-electron chi connectivity index (χ3n) is 4.03. The second kappa shape index (κ2) is 7.58. The Bertz CT molecular complexity index is 1280. The number of nitrogens with one attached hydrogen (secondary N) is 1. The van der Waals surface area contributed by atoms with Crippen LogP contribution in [0.4, 0.5) is 5.82 Å². The van der Waals surface area contributed by atoms with E-state index in [0.29, 0.717) is 26.2 Å². The summed E-state index contributed by atoms with van der Waals surface area (Å²) in [5.41, 5.74) is 1.65. The quantitative estimate of drug-likeness (QED) is 0.466. The molecule has 0 spiro atoms. The van der Waals surface area contributed by atoms with Crippen molar-refractivity contribution in [3.05, 3.63) is 64.1 Å². The van der Waals surface area contributed by atoms with Crippen LogP contribution in [0.15, 0.2) is 58.1 Å². The third kappa shape index (κ3) is 4.16. The molecule has 1 N–H and O–H groups in total. The molecule has 0 aliphatic rings. The van der Waals surface area contributed by atoms with Crippen LogP contribution >= 0.6 is 22.9 Å². The minimum Gasteiger partial charge on any atom is -0.333 e. The van der Waals surface area contributed by atoms with E-state index in [2.05, 4.69) is 19.8 Å². The van der Waals surface area contributed by atoms with Gasteiger partial charge in [0.15, 0.2) is 0 Å². The summed E-state index contributed by atoms with van der Waals surface area (Å²) in [5.74, 6) is 0.867. The van der Waals surface area contributed by atoms with E-state index in [9.17, 15) is 8.42 Å². The van der Waals surface area contributed by atoms with Crippen LogP contribution in [0.1, 0.15) is 10.4 Å². The lowest BCUT2D eigenvalue weighted by Gasteiger charge is -2.06. The van der Waals surface area contributed by atoms with Gasteiger partial charge in [0.2, 0.25) is 5.82 Å². The molecule has 3 heterocycles. The monoisotopic (exact) mass is 446 g/mol. The Morgan fingerprint density at radius 1 is 1.14 bits per heavy atom. The number of rotatable bonds is 5. The molecule has 4 aromatic rings. The second-order valence-electron chi connectivity index (χ2n) is 6.29. The zero-order valence-corrected chi connectivity index (χ0v) is 17.8. The lowest BCUT2D eigenvalue weighted by atomic mass is 10.2. The lowest BCUT2D eigenvalue weighted by molar-refractivity contribution is 0.433. The van der Waals surface area contributed by atoms with Gasteiger partial charge in [0, 0.05) is 21.7 Å². The minimum atomic E-state index is -3.80. The number of aromatic nitrogens is 3. The van der Waals surface area contributed by atoms with Gasteiger partial charge in [-0.1, -0.05) is 35.0 Å². The molecule has 1 aromatic carbocycles. The van der Waals surface area contributed by atoms with Crippen LogP contribution in [0.25, 0.3) is 22.2 Å². The van der Waals surface area contributed by atoms with Crippen LogP contribution in [0.3, 0.4) is 0 Å². The van der Waals surface area contributed by atoms with Crippen molar-refractivity contribution in [1.29, 1.82) is 0 Å². The number of nitrogens with zero attached hydrogens (tertiary/aromatic N) is 3. The first-order chi connectivity index (χ1) is 13.8. The molecule has 0 aliphatic carbocycles. The maximum absolute atomic E-state index is 12.8. The third-order valence-corrected chi connectivity index (χ3v) is 6.92. The Morgan fingerprint density at radius 2 is 1.97 bits per heavy atom. The van der Waals surface area contributed by atoms with Gasteiger partial charge in [-0.3, -0.25) is 4.72 Å². The Hall–Kier alpha value is -2.75. The number of hydrogen-bond donors (Lipinski definition) is 1. The molecule has 7 nitrogen and oxygen atoms in total. The molecular formula is C19H15ClN4O3S2. The number of sulfonamides is 1. The number of pyridine rings is 1. The molecule has 0 fully saturated rings. The van der Waals surface area contributed by atoms with Crippen LogP contribution in [0, 0.1) is 13.8 Å². The second-order valence-corrected chi connectivity index (χ2v) is 9.63. The molecule has 10 heteroatoms. The smallest absolute Gasteiger partial charge is 0.268 e. The molecule has 0 aliphatic heterocycles. The maximum atomic E-state index is 12.8. The van der Waals surface area contributed by atoms with Gasteiger partial charge in [0.1, 0.15) is 10.7 Å². The summed E-state index contributed by atoms with van der Waals surface area (Å²) in [7, 11) is -3.80. The Kier molecular flexibility index (Phi) is 5.12. The summed E-state index contributed by atoms with van der Waals surface area (Å²) in [6, 6.07) is 12.0. The van der Waals surface area contributed by atoms with Gasteiger partial charge in [-0.15, -0.1) is 11.3 Å². The lowest BCUT2D eigenvalue weighted by Crippen LogP contribution is -2.14. The maximum Gasteiger partial charge on any atom is 0.268 e. The average molecular weight is 447 g/mol. The molecule has 4 rings (SSSR count). The van der Waals surface area contributed by atoms with Crippen LogP contribution in [0.5, 0.6) is 0 Å². The highest BCUT2D eigenvalue weighted by atomic mass is 35.5. The number of benzene rings is 1. The molecule has 0 radical (unpaired) electrons. The van der Waals surface area contributed by atoms with Gasteiger partial charge < -0.3 is 4.52 Å². The molecular weight excluding hydrogens is 432 g/mol. The fourth-order valence-corrected chi connectivity index (χ4v) is 5.34. The van der Waals surface area contributed by atoms with E-state index in [1.807, 2.05) is 13.0 Å². The highest BCUT2D eigenvalue weighted by Crippen LogP contribution is 2.34. The molecule has 0 saturated carbocycles. The van der Waals surface area contributed by atoms with Crippen LogP contribution < -0.4 is 4.72 Å². The van der Waals surface area contributed by atoms with E-state index in [-0.39, 0.29) is 16.6 Å². The largest absolute Gasteiger partial charge is 0.333 e. The van der Waals surface area contributed by atoms with E-state index in [0.717, 1.165) is 5.56 Å². The van der Waals surface area contributed by atoms with Gasteiger partial charge in [-0.25, -0.2) is 13.4 Å². The first-order valence-electron chi connectivity index (χ1n) is 8.48. The van der Waals surface area contributed by atoms with Gasteiger partial charge >= 0.3 is 0 Å². The van der Waals surface area contributed by atoms with Crippen molar-refractivity contribution in [3.63, 3.8) is 0 Å². The Labute approximate surface area is 176 Å². The zero-order valence-electron chi connectivity index (χ0n) is 15.4. The molecule has 0 bridgehead atoms. The van der Waals surface area contributed by atoms with E-state index < -0.39 is 10.0 Å². The first-order valence-corrected chi connectivity index (χ1v) is 11.2. The summed E-state index contributed by atoms with van der Waals surface area (Å²) >= 11 is 7.26. The highest BCUT2D eigenvalue weighted by molar-refractivity contribution is 7.93. The zero-order chi connectivity index (χ0) is 20.6. The highest BCUT2D eigenvalue weighted by Gasteiger charge is 2.23. The van der Waals surface area contributed by atoms with Crippen molar-refractivity contribution in [2.45, 2.75) is 18.7 Å². The van der Waals surface area contributed by atoms with Crippen molar-refractivity contribution >= 4 is 38.8 Å². The molecule has 29 heavy (non-hydrogen) atoms. The van der Waals surface area contributed by atoms with Gasteiger partial charge in [0.05, 0.1) is 4.88 Å². The van der Waals surface area contributed by atoms with Crippen LogP contribution in [-0.2, 0) is 10.0 Å². The van der Waals surface area contributed by atoms with Crippen molar-refractivity contribution in [2.24, 2.45) is 0 Å². The molecule has 0 atom stereocenters. The summed E-state index contributed by atoms with van der Waals surface area (Å²) in [4.78, 5) is 9.75. The van der Waals surface area contributed by atoms with Crippen molar-refractivity contribution in [1.82, 2.24) is 15.1 Å². The molecule has 148 valence electrons. The van der Waals surface area contributed by atoms with Gasteiger partial charge in [0.25, 0.3) is 15.9 Å². The fourth-order valence-electron chi connectivity index (χ4n) is 2.63. The van der Waals surface area contributed by atoms with Gasteiger partial charge in [-0.05, 0) is 43.7 Å². The number of anilines is 1. The average Bonchev–Trinajstić information content (AvgIpc) is 3.31. The van der Waals surface area contributed by atoms with Crippen molar-refractivity contribution < 1.29 is 12.9 Å². The number of halogens is 1. The van der Waals surface area contributed by atoms with E-state index in [1.165, 1.54) is 17.4 Å². The number of hydrogen-bond acceptors (Lipinski definition) is 7. The van der Waals surface area contributed by atoms with Crippen LogP contribution in [-0.4, -0.2) is 23.5 Å². The van der Waals surface area contributed by atoms with Crippen LogP contribution in [0.2, 0.25) is 5.02 Å².